The standard InChI is InChI=1S/C9H18N2O4/c1-9(2)14-7(5-10(3)12)8(15-9)6-11(4)13/h5-8,12-13H,1-4H3/q+2/b10-5-,11-6+. The summed E-state index contributed by atoms with van der Waals surface area (Å²) in [6.45, 7) is 3.55. The van der Waals surface area contributed by atoms with E-state index in [0.717, 1.165) is 9.48 Å². The molecule has 1 rings (SSSR count). The van der Waals surface area contributed by atoms with E-state index in [2.05, 4.69) is 0 Å². The van der Waals surface area contributed by atoms with E-state index in [1.54, 1.807) is 13.8 Å². The number of hydrogen-bond donors (Lipinski definition) is 2. The van der Waals surface area contributed by atoms with E-state index >= 15 is 0 Å². The van der Waals surface area contributed by atoms with Crippen LogP contribution < -0.4 is 0 Å². The summed E-state index contributed by atoms with van der Waals surface area (Å²) in [6, 6.07) is 0. The fourth-order valence-electron chi connectivity index (χ4n) is 1.47. The van der Waals surface area contributed by atoms with Gasteiger partial charge in [-0.05, 0) is 23.3 Å². The van der Waals surface area contributed by atoms with Crippen LogP contribution in [0.4, 0.5) is 0 Å². The van der Waals surface area contributed by atoms with Crippen molar-refractivity contribution < 1.29 is 29.4 Å². The molecule has 0 spiro atoms. The van der Waals surface area contributed by atoms with Gasteiger partial charge in [-0.1, -0.05) is 0 Å². The minimum Gasteiger partial charge on any atom is -0.333 e. The quantitative estimate of drug-likeness (QED) is 0.289. The molecule has 0 aromatic rings. The molecule has 0 aliphatic carbocycles. The van der Waals surface area contributed by atoms with E-state index < -0.39 is 18.0 Å². The Bertz CT molecular complexity index is 262. The summed E-state index contributed by atoms with van der Waals surface area (Å²) >= 11 is 0. The van der Waals surface area contributed by atoms with E-state index in [0.29, 0.717) is 0 Å². The van der Waals surface area contributed by atoms with Crippen molar-refractivity contribution in [1.82, 2.24) is 0 Å². The molecule has 6 nitrogen and oxygen atoms in total. The second kappa shape index (κ2) is 4.16. The topological polar surface area (TPSA) is 64.9 Å². The fourth-order valence-corrected chi connectivity index (χ4v) is 1.47. The molecule has 1 aliphatic rings. The van der Waals surface area contributed by atoms with Crippen LogP contribution in [0.25, 0.3) is 0 Å². The minimum absolute atomic E-state index is 0.426. The largest absolute Gasteiger partial charge is 0.333 e. The maximum absolute atomic E-state index is 9.09. The molecule has 1 saturated heterocycles. The van der Waals surface area contributed by atoms with Crippen molar-refractivity contribution in [2.45, 2.75) is 31.8 Å². The Morgan fingerprint density at radius 2 is 1.33 bits per heavy atom. The lowest BCUT2D eigenvalue weighted by Gasteiger charge is -2.14. The number of hydroxylamine groups is 2. The van der Waals surface area contributed by atoms with Crippen LogP contribution in [0.3, 0.4) is 0 Å². The third-order valence-electron chi connectivity index (χ3n) is 1.89. The Hall–Kier alpha value is -1.14. The third-order valence-corrected chi connectivity index (χ3v) is 1.89. The lowest BCUT2D eigenvalue weighted by atomic mass is 10.2. The zero-order chi connectivity index (χ0) is 11.6. The zero-order valence-corrected chi connectivity index (χ0v) is 9.41. The predicted octanol–water partition coefficient (Wildman–Crippen LogP) is -0.289. The van der Waals surface area contributed by atoms with E-state index in [1.807, 2.05) is 0 Å². The molecule has 0 bridgehead atoms. The van der Waals surface area contributed by atoms with Crippen molar-refractivity contribution in [3.63, 3.8) is 0 Å². The molecule has 1 aliphatic heterocycles. The first-order chi connectivity index (χ1) is 6.80. The number of hydrogen-bond acceptors (Lipinski definition) is 4. The van der Waals surface area contributed by atoms with Crippen molar-refractivity contribution >= 4 is 12.4 Å². The highest BCUT2D eigenvalue weighted by atomic mass is 16.8. The summed E-state index contributed by atoms with van der Waals surface area (Å²) in [6.07, 6.45) is 2.09. The van der Waals surface area contributed by atoms with Gasteiger partial charge in [-0.15, -0.1) is 0 Å². The van der Waals surface area contributed by atoms with Crippen LogP contribution in [0.2, 0.25) is 0 Å². The highest BCUT2D eigenvalue weighted by Crippen LogP contribution is 2.26. The molecular formula is C9H18N2O4+2. The Labute approximate surface area is 88.6 Å². The van der Waals surface area contributed by atoms with Crippen LogP contribution >= 0.6 is 0 Å². The van der Waals surface area contributed by atoms with Crippen LogP contribution in [0.5, 0.6) is 0 Å². The first-order valence-electron chi connectivity index (χ1n) is 4.69. The molecule has 2 N–H and O–H groups in total. The summed E-state index contributed by atoms with van der Waals surface area (Å²) in [7, 11) is 2.96. The Morgan fingerprint density at radius 1 is 1.00 bits per heavy atom. The van der Waals surface area contributed by atoms with Gasteiger partial charge in [0, 0.05) is 0 Å². The van der Waals surface area contributed by atoms with Crippen molar-refractivity contribution in [3.05, 3.63) is 0 Å². The van der Waals surface area contributed by atoms with Crippen LogP contribution in [0.1, 0.15) is 13.8 Å². The number of ether oxygens (including phenoxy) is 2. The van der Waals surface area contributed by atoms with E-state index in [1.165, 1.54) is 26.5 Å². The molecule has 0 amide bonds. The molecule has 2 atom stereocenters. The molecule has 0 aromatic heterocycles. The average Bonchev–Trinajstić information content (AvgIpc) is 2.22. The first kappa shape index (κ1) is 11.9. The van der Waals surface area contributed by atoms with Gasteiger partial charge in [-0.2, -0.15) is 0 Å². The Morgan fingerprint density at radius 3 is 1.60 bits per heavy atom. The zero-order valence-electron chi connectivity index (χ0n) is 9.41. The summed E-state index contributed by atoms with van der Waals surface area (Å²) < 4.78 is 12.9. The van der Waals surface area contributed by atoms with Gasteiger partial charge in [0.15, 0.2) is 32.1 Å². The van der Waals surface area contributed by atoms with Crippen LogP contribution in [0.15, 0.2) is 0 Å². The molecule has 86 valence electrons. The van der Waals surface area contributed by atoms with Gasteiger partial charge < -0.3 is 9.47 Å². The molecule has 1 fully saturated rings. The summed E-state index contributed by atoms with van der Waals surface area (Å²) in [5.41, 5.74) is 0. The minimum atomic E-state index is -0.728. The highest BCUT2D eigenvalue weighted by Gasteiger charge is 2.44. The maximum Gasteiger partial charge on any atom is 0.224 e. The number of nitrogens with zero attached hydrogens (tertiary/aromatic N) is 2. The van der Waals surface area contributed by atoms with Crippen molar-refractivity contribution in [3.8, 4) is 0 Å². The van der Waals surface area contributed by atoms with E-state index in [9.17, 15) is 0 Å². The molecule has 6 heteroatoms. The van der Waals surface area contributed by atoms with Crippen LogP contribution in [-0.4, -0.2) is 64.4 Å². The first-order valence-corrected chi connectivity index (χ1v) is 4.69. The third kappa shape index (κ3) is 3.49. The molecule has 0 radical (unpaired) electrons. The molecule has 0 saturated carbocycles. The van der Waals surface area contributed by atoms with Gasteiger partial charge in [-0.3, -0.25) is 10.4 Å². The fraction of sp³-hybridized carbons (Fsp3) is 0.778. The molecular weight excluding hydrogens is 200 g/mol. The molecule has 0 aromatic carbocycles. The summed E-state index contributed by atoms with van der Waals surface area (Å²) in [5, 5.41) is 18.2. The van der Waals surface area contributed by atoms with Crippen LogP contribution in [-0.2, 0) is 9.47 Å². The lowest BCUT2D eigenvalue weighted by molar-refractivity contribution is -0.753. The summed E-state index contributed by atoms with van der Waals surface area (Å²) in [4.78, 5) is 0. The molecule has 2 unspecified atom stereocenters. The second-order valence-electron chi connectivity index (χ2n) is 4.01. The molecule has 15 heavy (non-hydrogen) atoms. The van der Waals surface area contributed by atoms with Gasteiger partial charge in [0.1, 0.15) is 0 Å². The van der Waals surface area contributed by atoms with E-state index in [4.69, 9.17) is 19.9 Å². The van der Waals surface area contributed by atoms with Crippen molar-refractivity contribution in [2.75, 3.05) is 14.1 Å². The van der Waals surface area contributed by atoms with Gasteiger partial charge in [0.2, 0.25) is 12.4 Å². The second-order valence-corrected chi connectivity index (χ2v) is 4.01. The lowest BCUT2D eigenvalue weighted by Crippen LogP contribution is -2.31. The van der Waals surface area contributed by atoms with Gasteiger partial charge in [0.25, 0.3) is 0 Å². The number of rotatable bonds is 2. The summed E-state index contributed by atoms with van der Waals surface area (Å²) in [5.74, 6) is -0.728. The Kier molecular flexibility index (Phi) is 3.31. The predicted molar refractivity (Wildman–Crippen MR) is 51.9 cm³/mol. The maximum atomic E-state index is 9.09. The van der Waals surface area contributed by atoms with Crippen molar-refractivity contribution in [1.29, 1.82) is 0 Å². The average molecular weight is 218 g/mol. The Balaban J connectivity index is 2.84. The highest BCUT2D eigenvalue weighted by molar-refractivity contribution is 5.70. The van der Waals surface area contributed by atoms with Gasteiger partial charge >= 0.3 is 0 Å². The smallest absolute Gasteiger partial charge is 0.224 e. The van der Waals surface area contributed by atoms with Crippen LogP contribution in [0, 0.1) is 0 Å². The molecule has 1 heterocycles. The SMILES string of the molecule is C/[N+](O)=C/C1OC(C)(C)OC1/C=[N+](\C)O. The van der Waals surface area contributed by atoms with Gasteiger partial charge in [0.05, 0.1) is 0 Å². The van der Waals surface area contributed by atoms with Crippen molar-refractivity contribution in [2.24, 2.45) is 0 Å². The normalized spacial score (nSPS) is 32.0. The van der Waals surface area contributed by atoms with Gasteiger partial charge in [-0.25, -0.2) is 0 Å². The van der Waals surface area contributed by atoms with E-state index in [-0.39, 0.29) is 0 Å². The monoisotopic (exact) mass is 218 g/mol.